The molecule has 9 nitrogen and oxygen atoms in total. The monoisotopic (exact) mass is 607 g/mol. The summed E-state index contributed by atoms with van der Waals surface area (Å²) >= 11 is 7.44. The quantitative estimate of drug-likeness (QED) is 0.130. The summed E-state index contributed by atoms with van der Waals surface area (Å²) < 4.78 is 13.6. The van der Waals surface area contributed by atoms with Crippen molar-refractivity contribution >= 4 is 52.1 Å². The minimum Gasteiger partial charge on any atom is -0.479 e. The van der Waals surface area contributed by atoms with Gasteiger partial charge in [-0.2, -0.15) is 0 Å². The van der Waals surface area contributed by atoms with Crippen molar-refractivity contribution in [2.75, 3.05) is 5.32 Å². The molecule has 3 aromatic carbocycles. The number of hydrogen-bond acceptors (Lipinski definition) is 6. The maximum Gasteiger partial charge on any atom is 0.330 e. The van der Waals surface area contributed by atoms with E-state index in [1.807, 2.05) is 0 Å². The van der Waals surface area contributed by atoms with E-state index in [4.69, 9.17) is 11.6 Å². The average Bonchev–Trinajstić information content (AvgIpc) is 3.58. The number of benzene rings is 3. The van der Waals surface area contributed by atoms with Crippen LogP contribution >= 0.6 is 22.9 Å². The zero-order valence-electron chi connectivity index (χ0n) is 21.9. The van der Waals surface area contributed by atoms with Crippen molar-refractivity contribution in [1.29, 1.82) is 0 Å². The highest BCUT2D eigenvalue weighted by molar-refractivity contribution is 7.10. The SMILES string of the molecule is CC1(C(=O)O)C(c2cccs2)C(C(=O)c2cccc(Cl)c2)C(c2cccc([N+](=O)[O-])c2)N1C(=O)Nc1ccc(F)cc1. The standard InChI is InChI=1S/C30H23ClFN3O6S/c1-30(28(37)38)25(23-9-4-14-42-23)24(27(36)18-6-2-7-19(31)15-18)26(17-5-3-8-22(16-17)35(40)41)34(30)29(39)33-21-12-10-20(32)11-13-21/h2-16,24-26H,1H3,(H,33,39)(H,37,38). The van der Waals surface area contributed by atoms with Gasteiger partial charge in [-0.3, -0.25) is 19.8 Å². The number of nitro groups is 1. The second-order valence-corrected chi connectivity index (χ2v) is 11.4. The Bertz CT molecular complexity index is 1680. The summed E-state index contributed by atoms with van der Waals surface area (Å²) in [6, 6.07) is 17.8. The van der Waals surface area contributed by atoms with E-state index < -0.39 is 51.9 Å². The first kappa shape index (κ1) is 28.9. The van der Waals surface area contributed by atoms with Crippen molar-refractivity contribution in [2.45, 2.75) is 24.4 Å². The lowest BCUT2D eigenvalue weighted by molar-refractivity contribution is -0.385. The summed E-state index contributed by atoms with van der Waals surface area (Å²) in [5, 5.41) is 27.1. The van der Waals surface area contributed by atoms with Crippen LogP contribution in [0.3, 0.4) is 0 Å². The molecule has 0 spiro atoms. The Morgan fingerprint density at radius 2 is 1.76 bits per heavy atom. The molecule has 214 valence electrons. The Kier molecular flexibility index (Phi) is 7.81. The van der Waals surface area contributed by atoms with E-state index in [1.165, 1.54) is 60.7 Å². The number of nitrogens with zero attached hydrogens (tertiary/aromatic N) is 2. The normalized spacial score (nSPS) is 21.6. The fourth-order valence-corrected chi connectivity index (χ4v) is 6.84. The lowest BCUT2D eigenvalue weighted by Gasteiger charge is -2.37. The average molecular weight is 608 g/mol. The molecule has 2 N–H and O–H groups in total. The van der Waals surface area contributed by atoms with Gasteiger partial charge in [-0.05, 0) is 60.3 Å². The molecule has 2 amide bonds. The second kappa shape index (κ2) is 11.3. The molecule has 1 fully saturated rings. The number of hydrogen-bond donors (Lipinski definition) is 2. The van der Waals surface area contributed by atoms with E-state index >= 15 is 0 Å². The number of carbonyl (C=O) groups is 3. The van der Waals surface area contributed by atoms with Crippen LogP contribution < -0.4 is 5.32 Å². The molecule has 42 heavy (non-hydrogen) atoms. The maximum absolute atomic E-state index is 14.4. The number of aliphatic carboxylic acids is 1. The molecular weight excluding hydrogens is 585 g/mol. The largest absolute Gasteiger partial charge is 0.479 e. The summed E-state index contributed by atoms with van der Waals surface area (Å²) in [6.45, 7) is 1.36. The van der Waals surface area contributed by atoms with Gasteiger partial charge in [0.25, 0.3) is 5.69 Å². The Morgan fingerprint density at radius 1 is 1.05 bits per heavy atom. The van der Waals surface area contributed by atoms with Crippen LogP contribution in [0.15, 0.2) is 90.3 Å². The van der Waals surface area contributed by atoms with Crippen LogP contribution in [0.25, 0.3) is 0 Å². The van der Waals surface area contributed by atoms with Crippen molar-refractivity contribution in [3.05, 3.63) is 127 Å². The highest BCUT2D eigenvalue weighted by Crippen LogP contribution is 2.57. The number of non-ortho nitro benzene ring substituents is 1. The number of amides is 2. The molecular formula is C30H23ClFN3O6S. The van der Waals surface area contributed by atoms with Gasteiger partial charge in [-0.1, -0.05) is 41.9 Å². The van der Waals surface area contributed by atoms with Gasteiger partial charge in [0, 0.05) is 39.2 Å². The molecule has 5 rings (SSSR count). The third kappa shape index (κ3) is 5.12. The van der Waals surface area contributed by atoms with Crippen molar-refractivity contribution in [2.24, 2.45) is 5.92 Å². The van der Waals surface area contributed by atoms with Crippen LogP contribution in [0, 0.1) is 21.8 Å². The van der Waals surface area contributed by atoms with Crippen molar-refractivity contribution < 1.29 is 28.8 Å². The fraction of sp³-hybridized carbons (Fsp3) is 0.167. The molecule has 4 unspecified atom stereocenters. The number of thiophene rings is 1. The highest BCUT2D eigenvalue weighted by Gasteiger charge is 2.65. The van der Waals surface area contributed by atoms with Gasteiger partial charge in [-0.15, -0.1) is 11.3 Å². The molecule has 12 heteroatoms. The Morgan fingerprint density at radius 3 is 2.38 bits per heavy atom. The minimum atomic E-state index is -2.01. The number of nitrogens with one attached hydrogen (secondary N) is 1. The summed E-state index contributed by atoms with van der Waals surface area (Å²) in [5.74, 6) is -4.66. The first-order valence-corrected chi connectivity index (χ1v) is 13.9. The molecule has 1 aliphatic heterocycles. The number of urea groups is 1. The number of rotatable bonds is 7. The smallest absolute Gasteiger partial charge is 0.330 e. The number of likely N-dealkylation sites (tertiary alicyclic amines) is 1. The highest BCUT2D eigenvalue weighted by atomic mass is 35.5. The molecule has 0 aliphatic carbocycles. The van der Waals surface area contributed by atoms with Crippen LogP contribution in [0.1, 0.15) is 39.7 Å². The topological polar surface area (TPSA) is 130 Å². The molecule has 1 saturated heterocycles. The molecule has 4 aromatic rings. The second-order valence-electron chi connectivity index (χ2n) is 9.95. The van der Waals surface area contributed by atoms with Crippen LogP contribution in [0.4, 0.5) is 20.6 Å². The van der Waals surface area contributed by atoms with Gasteiger partial charge < -0.3 is 10.4 Å². The Hall–Kier alpha value is -4.61. The van der Waals surface area contributed by atoms with Gasteiger partial charge in [-0.25, -0.2) is 14.0 Å². The lowest BCUT2D eigenvalue weighted by atomic mass is 9.74. The molecule has 0 radical (unpaired) electrons. The summed E-state index contributed by atoms with van der Waals surface area (Å²) in [5.41, 5.74) is -1.73. The number of carboxylic acid groups (broad SMARTS) is 1. The van der Waals surface area contributed by atoms with E-state index in [-0.39, 0.29) is 27.5 Å². The van der Waals surface area contributed by atoms with E-state index in [2.05, 4.69) is 5.32 Å². The number of Topliss-reactive ketones (excluding diaryl/α,β-unsaturated/α-hetero) is 1. The minimum absolute atomic E-state index is 0.184. The Labute approximate surface area is 248 Å². The summed E-state index contributed by atoms with van der Waals surface area (Å²) in [7, 11) is 0. The fourth-order valence-electron chi connectivity index (χ4n) is 5.65. The van der Waals surface area contributed by atoms with Crippen LogP contribution in [0.5, 0.6) is 0 Å². The molecule has 0 bridgehead atoms. The first-order valence-electron chi connectivity index (χ1n) is 12.7. The summed E-state index contributed by atoms with van der Waals surface area (Å²) in [6.07, 6.45) is 0. The number of carboxylic acids is 1. The van der Waals surface area contributed by atoms with E-state index in [9.17, 15) is 34.0 Å². The number of carbonyl (C=O) groups excluding carboxylic acids is 2. The zero-order valence-corrected chi connectivity index (χ0v) is 23.5. The van der Waals surface area contributed by atoms with E-state index in [0.29, 0.717) is 4.88 Å². The van der Waals surface area contributed by atoms with Gasteiger partial charge in [0.1, 0.15) is 11.4 Å². The van der Waals surface area contributed by atoms with Gasteiger partial charge in [0.2, 0.25) is 0 Å². The van der Waals surface area contributed by atoms with Crippen LogP contribution in [0.2, 0.25) is 5.02 Å². The molecule has 1 aliphatic rings. The van der Waals surface area contributed by atoms with E-state index in [1.54, 1.807) is 35.7 Å². The van der Waals surface area contributed by atoms with Gasteiger partial charge in [0.05, 0.1) is 16.9 Å². The van der Waals surface area contributed by atoms with Crippen molar-refractivity contribution in [3.63, 3.8) is 0 Å². The summed E-state index contributed by atoms with van der Waals surface area (Å²) in [4.78, 5) is 54.4. The molecule has 4 atom stereocenters. The predicted octanol–water partition coefficient (Wildman–Crippen LogP) is 7.16. The molecule has 2 heterocycles. The third-order valence-electron chi connectivity index (χ3n) is 7.51. The van der Waals surface area contributed by atoms with Gasteiger partial charge >= 0.3 is 12.0 Å². The number of halogens is 2. The van der Waals surface area contributed by atoms with Gasteiger partial charge in [0.15, 0.2) is 5.78 Å². The van der Waals surface area contributed by atoms with Crippen molar-refractivity contribution in [3.8, 4) is 0 Å². The van der Waals surface area contributed by atoms with E-state index in [0.717, 1.165) is 17.0 Å². The molecule has 1 aromatic heterocycles. The zero-order chi connectivity index (χ0) is 30.2. The molecule has 0 saturated carbocycles. The first-order chi connectivity index (χ1) is 20.0. The maximum atomic E-state index is 14.4. The van der Waals surface area contributed by atoms with Crippen LogP contribution in [-0.4, -0.2) is 38.3 Å². The number of nitro benzene ring substituents is 1. The van der Waals surface area contributed by atoms with Crippen molar-refractivity contribution in [1.82, 2.24) is 4.90 Å². The Balaban J connectivity index is 1.77. The predicted molar refractivity (Wildman–Crippen MR) is 155 cm³/mol. The third-order valence-corrected chi connectivity index (χ3v) is 8.71. The number of ketones is 1. The van der Waals surface area contributed by atoms with Crippen LogP contribution in [-0.2, 0) is 4.79 Å². The lowest BCUT2D eigenvalue weighted by Crippen LogP contribution is -2.55. The number of anilines is 1.